The zero-order chi connectivity index (χ0) is 15.5. The summed E-state index contributed by atoms with van der Waals surface area (Å²) < 4.78 is 4.87. The highest BCUT2D eigenvalue weighted by Crippen LogP contribution is 2.20. The Bertz CT molecular complexity index is 271. The Morgan fingerprint density at radius 2 is 1.57 bits per heavy atom. The first-order chi connectivity index (χ1) is 10.1. The lowest BCUT2D eigenvalue weighted by Gasteiger charge is -2.30. The Morgan fingerprint density at radius 3 is 2.05 bits per heavy atom. The van der Waals surface area contributed by atoms with Crippen LogP contribution in [0.2, 0.25) is 0 Å². The monoisotopic (exact) mass is 299 g/mol. The molecule has 1 rings (SSSR count). The molecule has 1 unspecified atom stereocenters. The van der Waals surface area contributed by atoms with E-state index in [1.54, 1.807) is 0 Å². The van der Waals surface area contributed by atoms with Gasteiger partial charge in [0.15, 0.2) is 0 Å². The molecule has 0 aromatic carbocycles. The first-order valence-electron chi connectivity index (χ1n) is 8.61. The molecule has 1 atom stereocenters. The molecule has 0 radical (unpaired) electrons. The molecule has 0 bridgehead atoms. The fourth-order valence-electron chi connectivity index (χ4n) is 3.15. The standard InChI is InChI=1S/C17H33NO3/c1-15(19)21-14-17(20)13-18(2)16-11-9-7-5-3-4-6-8-10-12-16/h16-17,20H,3-14H2,1-2H3. The van der Waals surface area contributed by atoms with Gasteiger partial charge < -0.3 is 14.7 Å². The van der Waals surface area contributed by atoms with Crippen molar-refractivity contribution in [2.75, 3.05) is 20.2 Å². The van der Waals surface area contributed by atoms with Gasteiger partial charge in [-0.2, -0.15) is 0 Å². The van der Waals surface area contributed by atoms with Gasteiger partial charge in [-0.25, -0.2) is 0 Å². The van der Waals surface area contributed by atoms with Gasteiger partial charge >= 0.3 is 5.97 Å². The minimum atomic E-state index is -0.586. The van der Waals surface area contributed by atoms with Crippen LogP contribution < -0.4 is 0 Å². The van der Waals surface area contributed by atoms with Gasteiger partial charge in [-0.3, -0.25) is 4.79 Å². The number of nitrogens with zero attached hydrogens (tertiary/aromatic N) is 1. The van der Waals surface area contributed by atoms with E-state index in [9.17, 15) is 9.90 Å². The topological polar surface area (TPSA) is 49.8 Å². The number of carbonyl (C=O) groups is 1. The predicted octanol–water partition coefficient (Wildman–Crippen LogP) is 3.13. The van der Waals surface area contributed by atoms with E-state index in [2.05, 4.69) is 11.9 Å². The quantitative estimate of drug-likeness (QED) is 0.792. The molecule has 0 saturated heterocycles. The number of aliphatic hydroxyl groups excluding tert-OH is 1. The molecule has 0 aromatic heterocycles. The van der Waals surface area contributed by atoms with Crippen LogP contribution in [0.25, 0.3) is 0 Å². The van der Waals surface area contributed by atoms with Gasteiger partial charge in [-0.1, -0.05) is 51.4 Å². The number of esters is 1. The Hall–Kier alpha value is -0.610. The second kappa shape index (κ2) is 11.0. The van der Waals surface area contributed by atoms with E-state index < -0.39 is 6.10 Å². The molecular formula is C17H33NO3. The summed E-state index contributed by atoms with van der Waals surface area (Å²) in [4.78, 5) is 13.0. The molecular weight excluding hydrogens is 266 g/mol. The number of ether oxygens (including phenoxy) is 1. The molecule has 0 spiro atoms. The number of aliphatic hydroxyl groups is 1. The van der Waals surface area contributed by atoms with Gasteiger partial charge in [0.1, 0.15) is 12.7 Å². The van der Waals surface area contributed by atoms with Crippen molar-refractivity contribution in [3.63, 3.8) is 0 Å². The van der Waals surface area contributed by atoms with Gasteiger partial charge in [0.25, 0.3) is 0 Å². The highest BCUT2D eigenvalue weighted by atomic mass is 16.5. The Labute approximate surface area is 129 Å². The van der Waals surface area contributed by atoms with Crippen LogP contribution in [-0.2, 0) is 9.53 Å². The lowest BCUT2D eigenvalue weighted by Crippen LogP contribution is -2.39. The number of hydrogen-bond acceptors (Lipinski definition) is 4. The molecule has 0 amide bonds. The van der Waals surface area contributed by atoms with E-state index in [1.807, 2.05) is 0 Å². The summed E-state index contributed by atoms with van der Waals surface area (Å²) in [5.74, 6) is -0.327. The smallest absolute Gasteiger partial charge is 0.302 e. The second-order valence-corrected chi connectivity index (χ2v) is 6.46. The van der Waals surface area contributed by atoms with Crippen LogP contribution in [0.1, 0.15) is 71.1 Å². The predicted molar refractivity (Wildman–Crippen MR) is 85.2 cm³/mol. The molecule has 124 valence electrons. The van der Waals surface area contributed by atoms with Crippen molar-refractivity contribution in [3.8, 4) is 0 Å². The van der Waals surface area contributed by atoms with E-state index >= 15 is 0 Å². The summed E-state index contributed by atoms with van der Waals surface area (Å²) in [7, 11) is 2.08. The van der Waals surface area contributed by atoms with Crippen LogP contribution in [0.3, 0.4) is 0 Å². The summed E-state index contributed by atoms with van der Waals surface area (Å²) >= 11 is 0. The zero-order valence-electron chi connectivity index (χ0n) is 13.9. The van der Waals surface area contributed by atoms with E-state index in [1.165, 1.54) is 71.1 Å². The van der Waals surface area contributed by atoms with Gasteiger partial charge in [-0.05, 0) is 19.9 Å². The lowest BCUT2D eigenvalue weighted by molar-refractivity contribution is -0.144. The lowest BCUT2D eigenvalue weighted by atomic mass is 10.0. The zero-order valence-corrected chi connectivity index (χ0v) is 13.9. The molecule has 0 aromatic rings. The van der Waals surface area contributed by atoms with Crippen molar-refractivity contribution in [1.82, 2.24) is 4.90 Å². The van der Waals surface area contributed by atoms with Gasteiger partial charge in [0, 0.05) is 19.5 Å². The highest BCUT2D eigenvalue weighted by Gasteiger charge is 2.18. The highest BCUT2D eigenvalue weighted by molar-refractivity contribution is 5.65. The first-order valence-corrected chi connectivity index (χ1v) is 8.61. The van der Waals surface area contributed by atoms with E-state index in [0.717, 1.165) is 0 Å². The molecule has 1 N–H and O–H groups in total. The van der Waals surface area contributed by atoms with Crippen molar-refractivity contribution in [2.24, 2.45) is 0 Å². The Morgan fingerprint density at radius 1 is 1.10 bits per heavy atom. The van der Waals surface area contributed by atoms with Crippen LogP contribution in [-0.4, -0.2) is 48.3 Å². The number of rotatable bonds is 5. The van der Waals surface area contributed by atoms with E-state index in [0.29, 0.717) is 12.6 Å². The third-order valence-corrected chi connectivity index (χ3v) is 4.43. The van der Waals surface area contributed by atoms with Crippen molar-refractivity contribution >= 4 is 5.97 Å². The van der Waals surface area contributed by atoms with Gasteiger partial charge in [0.2, 0.25) is 0 Å². The number of carbonyl (C=O) groups excluding carboxylic acids is 1. The number of hydrogen-bond donors (Lipinski definition) is 1. The van der Waals surface area contributed by atoms with Crippen LogP contribution in [0.4, 0.5) is 0 Å². The molecule has 1 saturated carbocycles. The van der Waals surface area contributed by atoms with Crippen molar-refractivity contribution in [2.45, 2.75) is 83.3 Å². The molecule has 1 fully saturated rings. The first kappa shape index (κ1) is 18.4. The average molecular weight is 299 g/mol. The van der Waals surface area contributed by atoms with Crippen molar-refractivity contribution < 1.29 is 14.6 Å². The maximum atomic E-state index is 10.8. The molecule has 1 aliphatic carbocycles. The molecule has 4 heteroatoms. The minimum absolute atomic E-state index is 0.104. The Balaban J connectivity index is 2.35. The Kier molecular flexibility index (Phi) is 9.68. The van der Waals surface area contributed by atoms with Crippen LogP contribution in [0.5, 0.6) is 0 Å². The van der Waals surface area contributed by atoms with Crippen LogP contribution >= 0.6 is 0 Å². The SMILES string of the molecule is CC(=O)OCC(O)CN(C)C1CCCCCCCCCC1. The van der Waals surface area contributed by atoms with Gasteiger partial charge in [0.05, 0.1) is 0 Å². The molecule has 21 heavy (non-hydrogen) atoms. The van der Waals surface area contributed by atoms with E-state index in [4.69, 9.17) is 4.74 Å². The molecule has 0 heterocycles. The largest absolute Gasteiger partial charge is 0.463 e. The second-order valence-electron chi connectivity index (χ2n) is 6.46. The van der Waals surface area contributed by atoms with Crippen molar-refractivity contribution in [1.29, 1.82) is 0 Å². The normalized spacial score (nSPS) is 20.8. The van der Waals surface area contributed by atoms with E-state index in [-0.39, 0.29) is 12.6 Å². The average Bonchev–Trinajstić information content (AvgIpc) is 2.50. The van der Waals surface area contributed by atoms with Gasteiger partial charge in [-0.15, -0.1) is 0 Å². The summed E-state index contributed by atoms with van der Waals surface area (Å²) in [5, 5.41) is 9.95. The third kappa shape index (κ3) is 9.10. The fourth-order valence-corrected chi connectivity index (χ4v) is 3.15. The summed E-state index contributed by atoms with van der Waals surface area (Å²) in [6.07, 6.45) is 12.6. The molecule has 0 aliphatic heterocycles. The van der Waals surface area contributed by atoms with Crippen LogP contribution in [0, 0.1) is 0 Å². The van der Waals surface area contributed by atoms with Crippen molar-refractivity contribution in [3.05, 3.63) is 0 Å². The summed E-state index contributed by atoms with van der Waals surface area (Å²) in [6.45, 7) is 2.06. The maximum Gasteiger partial charge on any atom is 0.302 e. The maximum absolute atomic E-state index is 10.8. The summed E-state index contributed by atoms with van der Waals surface area (Å²) in [6, 6.07) is 0.551. The minimum Gasteiger partial charge on any atom is -0.463 e. The molecule has 4 nitrogen and oxygen atoms in total. The summed E-state index contributed by atoms with van der Waals surface area (Å²) in [5.41, 5.74) is 0. The number of likely N-dealkylation sites (N-methyl/N-ethyl adjacent to an activating group) is 1. The fraction of sp³-hybridized carbons (Fsp3) is 0.941. The van der Waals surface area contributed by atoms with Crippen LogP contribution in [0.15, 0.2) is 0 Å². The molecule has 1 aliphatic rings. The third-order valence-electron chi connectivity index (χ3n) is 4.43.